The fourth-order valence-corrected chi connectivity index (χ4v) is 3.48. The highest BCUT2D eigenvalue weighted by Crippen LogP contribution is 2.32. The summed E-state index contributed by atoms with van der Waals surface area (Å²) in [5.74, 6) is 1.13. The molecule has 0 bridgehead atoms. The standard InChI is InChI=1S/C19H26N2O4/c1-21-12-14(10-18(21)22)19(23)20-11-13-7-8-16(24-2)17(9-13)25-15-5-3-4-6-15/h7-9,14-15H,3-6,10-12H2,1-2H3,(H,20,23)/t14-/m1/s1. The number of ether oxygens (including phenoxy) is 2. The molecule has 0 unspecified atom stereocenters. The van der Waals surface area contributed by atoms with E-state index in [4.69, 9.17) is 9.47 Å². The van der Waals surface area contributed by atoms with Crippen molar-refractivity contribution in [2.45, 2.75) is 44.8 Å². The second-order valence-electron chi connectivity index (χ2n) is 6.90. The molecule has 0 spiro atoms. The lowest BCUT2D eigenvalue weighted by Gasteiger charge is -2.17. The molecule has 1 atom stereocenters. The summed E-state index contributed by atoms with van der Waals surface area (Å²) in [6.45, 7) is 0.904. The molecule has 2 fully saturated rings. The summed E-state index contributed by atoms with van der Waals surface area (Å²) in [6, 6.07) is 5.73. The van der Waals surface area contributed by atoms with Gasteiger partial charge in [-0.15, -0.1) is 0 Å². The van der Waals surface area contributed by atoms with Crippen LogP contribution in [0.4, 0.5) is 0 Å². The summed E-state index contributed by atoms with van der Waals surface area (Å²) in [6.07, 6.45) is 5.11. The van der Waals surface area contributed by atoms with E-state index in [1.165, 1.54) is 12.8 Å². The molecule has 1 aromatic carbocycles. The summed E-state index contributed by atoms with van der Waals surface area (Å²) < 4.78 is 11.5. The number of carbonyl (C=O) groups excluding carboxylic acids is 2. The van der Waals surface area contributed by atoms with Crippen LogP contribution in [0.2, 0.25) is 0 Å². The zero-order valence-corrected chi connectivity index (χ0v) is 14.9. The van der Waals surface area contributed by atoms with E-state index in [2.05, 4.69) is 5.32 Å². The first-order chi connectivity index (χ1) is 12.1. The highest BCUT2D eigenvalue weighted by Gasteiger charge is 2.31. The number of rotatable bonds is 6. The van der Waals surface area contributed by atoms with E-state index in [0.29, 0.717) is 25.3 Å². The Labute approximate surface area is 148 Å². The molecule has 136 valence electrons. The van der Waals surface area contributed by atoms with E-state index in [9.17, 15) is 9.59 Å². The van der Waals surface area contributed by atoms with Gasteiger partial charge in [0.25, 0.3) is 0 Å². The van der Waals surface area contributed by atoms with Gasteiger partial charge >= 0.3 is 0 Å². The maximum Gasteiger partial charge on any atom is 0.225 e. The van der Waals surface area contributed by atoms with E-state index in [0.717, 1.165) is 24.2 Å². The van der Waals surface area contributed by atoms with Crippen LogP contribution in [0.3, 0.4) is 0 Å². The maximum atomic E-state index is 12.3. The SMILES string of the molecule is COc1ccc(CNC(=O)[C@@H]2CC(=O)N(C)C2)cc1OC1CCCC1. The third-order valence-corrected chi connectivity index (χ3v) is 5.00. The van der Waals surface area contributed by atoms with Crippen LogP contribution >= 0.6 is 0 Å². The van der Waals surface area contributed by atoms with Crippen molar-refractivity contribution in [2.24, 2.45) is 5.92 Å². The third kappa shape index (κ3) is 4.24. The summed E-state index contributed by atoms with van der Waals surface area (Å²) in [5, 5.41) is 2.93. The molecule has 1 heterocycles. The molecule has 6 nitrogen and oxygen atoms in total. The van der Waals surface area contributed by atoms with Gasteiger partial charge < -0.3 is 19.7 Å². The van der Waals surface area contributed by atoms with Gasteiger partial charge in [0.05, 0.1) is 19.1 Å². The van der Waals surface area contributed by atoms with Crippen LogP contribution in [0.1, 0.15) is 37.7 Å². The molecular formula is C19H26N2O4. The summed E-state index contributed by atoms with van der Waals surface area (Å²) in [4.78, 5) is 25.4. The van der Waals surface area contributed by atoms with Crippen molar-refractivity contribution < 1.29 is 19.1 Å². The van der Waals surface area contributed by atoms with E-state index < -0.39 is 0 Å². The number of nitrogens with one attached hydrogen (secondary N) is 1. The molecule has 2 aliphatic rings. The number of carbonyl (C=O) groups is 2. The van der Waals surface area contributed by atoms with Gasteiger partial charge in [-0.05, 0) is 43.4 Å². The molecular weight excluding hydrogens is 320 g/mol. The lowest BCUT2D eigenvalue weighted by atomic mass is 10.1. The lowest BCUT2D eigenvalue weighted by Crippen LogP contribution is -2.31. The molecule has 1 aromatic rings. The topological polar surface area (TPSA) is 67.9 Å². The van der Waals surface area contributed by atoms with Gasteiger partial charge in [0.2, 0.25) is 11.8 Å². The van der Waals surface area contributed by atoms with Crippen LogP contribution in [0.25, 0.3) is 0 Å². The van der Waals surface area contributed by atoms with Crippen molar-refractivity contribution in [1.82, 2.24) is 10.2 Å². The number of amides is 2. The highest BCUT2D eigenvalue weighted by atomic mass is 16.5. The van der Waals surface area contributed by atoms with Gasteiger partial charge in [0, 0.05) is 26.6 Å². The van der Waals surface area contributed by atoms with Crippen molar-refractivity contribution in [3.63, 3.8) is 0 Å². The van der Waals surface area contributed by atoms with Crippen LogP contribution < -0.4 is 14.8 Å². The molecule has 25 heavy (non-hydrogen) atoms. The predicted molar refractivity (Wildman–Crippen MR) is 93.5 cm³/mol. The van der Waals surface area contributed by atoms with Gasteiger partial charge in [0.1, 0.15) is 0 Å². The molecule has 3 rings (SSSR count). The Balaban J connectivity index is 1.60. The Hall–Kier alpha value is -2.24. The third-order valence-electron chi connectivity index (χ3n) is 5.00. The van der Waals surface area contributed by atoms with Gasteiger partial charge in [-0.3, -0.25) is 9.59 Å². The van der Waals surface area contributed by atoms with Gasteiger partial charge in [-0.25, -0.2) is 0 Å². The van der Waals surface area contributed by atoms with Crippen molar-refractivity contribution >= 4 is 11.8 Å². The van der Waals surface area contributed by atoms with E-state index in [1.54, 1.807) is 19.1 Å². The van der Waals surface area contributed by atoms with Crippen LogP contribution in [-0.2, 0) is 16.1 Å². The van der Waals surface area contributed by atoms with Crippen molar-refractivity contribution in [2.75, 3.05) is 20.7 Å². The van der Waals surface area contributed by atoms with E-state index in [1.807, 2.05) is 18.2 Å². The highest BCUT2D eigenvalue weighted by molar-refractivity contribution is 5.89. The second kappa shape index (κ2) is 7.76. The Morgan fingerprint density at radius 2 is 2.04 bits per heavy atom. The fourth-order valence-electron chi connectivity index (χ4n) is 3.48. The zero-order valence-electron chi connectivity index (χ0n) is 14.9. The molecule has 2 amide bonds. The number of likely N-dealkylation sites (tertiary alicyclic amines) is 1. The second-order valence-corrected chi connectivity index (χ2v) is 6.90. The smallest absolute Gasteiger partial charge is 0.225 e. The van der Waals surface area contributed by atoms with Crippen molar-refractivity contribution in [3.05, 3.63) is 23.8 Å². The lowest BCUT2D eigenvalue weighted by molar-refractivity contribution is -0.128. The first-order valence-electron chi connectivity index (χ1n) is 8.92. The molecule has 0 aromatic heterocycles. The molecule has 6 heteroatoms. The fraction of sp³-hybridized carbons (Fsp3) is 0.579. The molecule has 1 aliphatic heterocycles. The van der Waals surface area contributed by atoms with Crippen molar-refractivity contribution in [3.8, 4) is 11.5 Å². The molecule has 0 radical (unpaired) electrons. The number of benzene rings is 1. The first-order valence-corrected chi connectivity index (χ1v) is 8.92. The van der Waals surface area contributed by atoms with E-state index >= 15 is 0 Å². The number of methoxy groups -OCH3 is 1. The number of hydrogen-bond acceptors (Lipinski definition) is 4. The van der Waals surface area contributed by atoms with Crippen molar-refractivity contribution in [1.29, 1.82) is 0 Å². The molecule has 1 saturated carbocycles. The molecule has 1 N–H and O–H groups in total. The molecule has 1 saturated heterocycles. The Morgan fingerprint density at radius 3 is 2.68 bits per heavy atom. The quantitative estimate of drug-likeness (QED) is 0.857. The summed E-state index contributed by atoms with van der Waals surface area (Å²) >= 11 is 0. The monoisotopic (exact) mass is 346 g/mol. The zero-order chi connectivity index (χ0) is 17.8. The van der Waals surface area contributed by atoms with E-state index in [-0.39, 0.29) is 23.8 Å². The predicted octanol–water partition coefficient (Wildman–Crippen LogP) is 2.11. The first kappa shape index (κ1) is 17.6. The normalized spacial score (nSPS) is 20.8. The summed E-state index contributed by atoms with van der Waals surface area (Å²) in [7, 11) is 3.36. The van der Waals surface area contributed by atoms with Crippen LogP contribution in [0, 0.1) is 5.92 Å². The minimum Gasteiger partial charge on any atom is -0.493 e. The van der Waals surface area contributed by atoms with Crippen LogP contribution in [-0.4, -0.2) is 43.5 Å². The average molecular weight is 346 g/mol. The number of hydrogen-bond donors (Lipinski definition) is 1. The van der Waals surface area contributed by atoms with Gasteiger partial charge in [-0.1, -0.05) is 6.07 Å². The molecule has 1 aliphatic carbocycles. The number of nitrogens with zero attached hydrogens (tertiary/aromatic N) is 1. The Morgan fingerprint density at radius 1 is 1.28 bits per heavy atom. The Kier molecular flexibility index (Phi) is 5.46. The van der Waals surface area contributed by atoms with Gasteiger partial charge in [0.15, 0.2) is 11.5 Å². The Bertz CT molecular complexity index is 640. The van der Waals surface area contributed by atoms with Crippen LogP contribution in [0.5, 0.6) is 11.5 Å². The van der Waals surface area contributed by atoms with Crippen LogP contribution in [0.15, 0.2) is 18.2 Å². The maximum absolute atomic E-state index is 12.3. The van der Waals surface area contributed by atoms with Gasteiger partial charge in [-0.2, -0.15) is 0 Å². The summed E-state index contributed by atoms with van der Waals surface area (Å²) in [5.41, 5.74) is 0.958. The largest absolute Gasteiger partial charge is 0.493 e. The minimum atomic E-state index is -0.259. The minimum absolute atomic E-state index is 0.0249. The average Bonchev–Trinajstić information content (AvgIpc) is 3.23.